The largest absolute Gasteiger partial charge is 0.497 e. The van der Waals surface area contributed by atoms with Crippen molar-refractivity contribution in [3.8, 4) is 22.9 Å². The van der Waals surface area contributed by atoms with Gasteiger partial charge in [-0.25, -0.2) is 4.98 Å². The smallest absolute Gasteiger partial charge is 0.236 e. The Morgan fingerprint density at radius 2 is 2.00 bits per heavy atom. The predicted molar refractivity (Wildman–Crippen MR) is 123 cm³/mol. The van der Waals surface area contributed by atoms with Gasteiger partial charge in [0.15, 0.2) is 16.1 Å². The van der Waals surface area contributed by atoms with Crippen LogP contribution in [0.1, 0.15) is 6.92 Å². The summed E-state index contributed by atoms with van der Waals surface area (Å²) in [6.07, 6.45) is 0. The van der Waals surface area contributed by atoms with Crippen LogP contribution in [0.3, 0.4) is 0 Å². The SMILES string of the molecule is CCn1c(SCC(=O)Nc2nc3ccc(OC)cc3s2)nnc1-c1ccccc1OC. The van der Waals surface area contributed by atoms with Gasteiger partial charge >= 0.3 is 0 Å². The number of amides is 1. The van der Waals surface area contributed by atoms with Crippen molar-refractivity contribution in [1.82, 2.24) is 19.7 Å². The van der Waals surface area contributed by atoms with Crippen molar-refractivity contribution in [3.63, 3.8) is 0 Å². The van der Waals surface area contributed by atoms with Gasteiger partial charge in [-0.15, -0.1) is 10.2 Å². The highest BCUT2D eigenvalue weighted by molar-refractivity contribution is 7.99. The molecule has 160 valence electrons. The van der Waals surface area contributed by atoms with Gasteiger partial charge in [-0.1, -0.05) is 35.2 Å². The lowest BCUT2D eigenvalue weighted by Crippen LogP contribution is -2.14. The van der Waals surface area contributed by atoms with Crippen LogP contribution in [-0.4, -0.2) is 45.6 Å². The van der Waals surface area contributed by atoms with Crippen molar-refractivity contribution in [2.45, 2.75) is 18.6 Å². The van der Waals surface area contributed by atoms with Crippen molar-refractivity contribution in [2.24, 2.45) is 0 Å². The maximum Gasteiger partial charge on any atom is 0.236 e. The molecule has 4 aromatic rings. The molecule has 4 rings (SSSR count). The number of hydrogen-bond donors (Lipinski definition) is 1. The van der Waals surface area contributed by atoms with E-state index >= 15 is 0 Å². The summed E-state index contributed by atoms with van der Waals surface area (Å²) in [7, 11) is 3.25. The van der Waals surface area contributed by atoms with Gasteiger partial charge in [-0.2, -0.15) is 0 Å². The molecule has 0 unspecified atom stereocenters. The first-order valence-electron chi connectivity index (χ1n) is 9.56. The summed E-state index contributed by atoms with van der Waals surface area (Å²) >= 11 is 2.74. The number of nitrogens with zero attached hydrogens (tertiary/aromatic N) is 4. The summed E-state index contributed by atoms with van der Waals surface area (Å²) in [6, 6.07) is 13.3. The molecule has 2 heterocycles. The number of benzene rings is 2. The number of carbonyl (C=O) groups is 1. The fourth-order valence-electron chi connectivity index (χ4n) is 3.08. The number of thiazole rings is 1. The fourth-order valence-corrected chi connectivity index (χ4v) is 4.79. The number of fused-ring (bicyclic) bond motifs is 1. The van der Waals surface area contributed by atoms with Gasteiger partial charge in [0.2, 0.25) is 5.91 Å². The third-order valence-electron chi connectivity index (χ3n) is 4.56. The standard InChI is InChI=1S/C21H21N5O3S2/c1-4-26-19(14-7-5-6-8-16(14)29-3)24-25-21(26)30-12-18(27)23-20-22-15-10-9-13(28-2)11-17(15)31-20/h5-11H,4,12H2,1-3H3,(H,22,23,27). The molecule has 1 N–H and O–H groups in total. The number of anilines is 1. The molecular formula is C21H21N5O3S2. The van der Waals surface area contributed by atoms with Crippen LogP contribution in [0.5, 0.6) is 11.5 Å². The van der Waals surface area contributed by atoms with Crippen LogP contribution in [0.2, 0.25) is 0 Å². The molecule has 31 heavy (non-hydrogen) atoms. The molecule has 0 saturated heterocycles. The minimum atomic E-state index is -0.152. The second-order valence-electron chi connectivity index (χ2n) is 6.44. The van der Waals surface area contributed by atoms with Gasteiger partial charge in [-0.3, -0.25) is 4.79 Å². The average Bonchev–Trinajstić information content (AvgIpc) is 3.39. The monoisotopic (exact) mass is 455 g/mol. The average molecular weight is 456 g/mol. The molecule has 0 aliphatic heterocycles. The Morgan fingerprint density at radius 1 is 1.16 bits per heavy atom. The number of rotatable bonds is 8. The Labute approximate surface area is 187 Å². The second-order valence-corrected chi connectivity index (χ2v) is 8.41. The van der Waals surface area contributed by atoms with Gasteiger partial charge in [-0.05, 0) is 37.3 Å². The highest BCUT2D eigenvalue weighted by atomic mass is 32.2. The number of carbonyl (C=O) groups excluding carboxylic acids is 1. The van der Waals surface area contributed by atoms with Crippen LogP contribution in [0, 0.1) is 0 Å². The molecule has 1 amide bonds. The third kappa shape index (κ3) is 4.49. The molecule has 10 heteroatoms. The molecule has 0 fully saturated rings. The van der Waals surface area contributed by atoms with Crippen LogP contribution in [0.4, 0.5) is 5.13 Å². The van der Waals surface area contributed by atoms with Crippen molar-refractivity contribution in [2.75, 3.05) is 25.3 Å². The summed E-state index contributed by atoms with van der Waals surface area (Å²) in [6.45, 7) is 2.69. The van der Waals surface area contributed by atoms with Crippen molar-refractivity contribution < 1.29 is 14.3 Å². The van der Waals surface area contributed by atoms with Gasteiger partial charge < -0.3 is 19.4 Å². The van der Waals surface area contributed by atoms with E-state index in [1.54, 1.807) is 14.2 Å². The van der Waals surface area contributed by atoms with E-state index in [0.717, 1.165) is 27.3 Å². The van der Waals surface area contributed by atoms with Crippen LogP contribution < -0.4 is 14.8 Å². The molecule has 8 nitrogen and oxygen atoms in total. The van der Waals surface area contributed by atoms with Gasteiger partial charge in [0.25, 0.3) is 0 Å². The highest BCUT2D eigenvalue weighted by Gasteiger charge is 2.17. The molecule has 2 aromatic carbocycles. The lowest BCUT2D eigenvalue weighted by Gasteiger charge is -2.10. The Hall–Kier alpha value is -3.11. The molecule has 0 saturated carbocycles. The van der Waals surface area contributed by atoms with Gasteiger partial charge in [0.05, 0.1) is 35.8 Å². The van der Waals surface area contributed by atoms with E-state index in [1.807, 2.05) is 54.0 Å². The molecule has 0 bridgehead atoms. The maximum absolute atomic E-state index is 12.5. The minimum absolute atomic E-state index is 0.152. The molecule has 2 aromatic heterocycles. The Balaban J connectivity index is 1.45. The number of aromatic nitrogens is 4. The first-order chi connectivity index (χ1) is 15.1. The fraction of sp³-hybridized carbons (Fsp3) is 0.238. The van der Waals surface area contributed by atoms with Crippen LogP contribution in [0.25, 0.3) is 21.6 Å². The summed E-state index contributed by atoms with van der Waals surface area (Å²) < 4.78 is 13.6. The molecule has 0 atom stereocenters. The van der Waals surface area contributed by atoms with E-state index in [2.05, 4.69) is 20.5 Å². The van der Waals surface area contributed by atoms with Crippen LogP contribution in [-0.2, 0) is 11.3 Å². The maximum atomic E-state index is 12.5. The second kappa shape index (κ2) is 9.36. The van der Waals surface area contributed by atoms with Crippen molar-refractivity contribution >= 4 is 44.4 Å². The zero-order chi connectivity index (χ0) is 21.8. The lowest BCUT2D eigenvalue weighted by molar-refractivity contribution is -0.113. The number of para-hydroxylation sites is 1. The molecule has 0 spiro atoms. The summed E-state index contributed by atoms with van der Waals surface area (Å²) in [4.78, 5) is 16.9. The van der Waals surface area contributed by atoms with Crippen molar-refractivity contribution in [3.05, 3.63) is 42.5 Å². The van der Waals surface area contributed by atoms with Gasteiger partial charge in [0, 0.05) is 6.54 Å². The Bertz CT molecular complexity index is 1220. The summed E-state index contributed by atoms with van der Waals surface area (Å²) in [5, 5.41) is 12.7. The quantitative estimate of drug-likeness (QED) is 0.396. The molecule has 0 aliphatic carbocycles. The number of methoxy groups -OCH3 is 2. The molecular weight excluding hydrogens is 434 g/mol. The minimum Gasteiger partial charge on any atom is -0.497 e. The van der Waals surface area contributed by atoms with Crippen molar-refractivity contribution in [1.29, 1.82) is 0 Å². The van der Waals surface area contributed by atoms with E-state index in [9.17, 15) is 4.79 Å². The normalized spacial score (nSPS) is 10.9. The summed E-state index contributed by atoms with van der Waals surface area (Å²) in [5.74, 6) is 2.24. The van der Waals surface area contributed by atoms with E-state index in [-0.39, 0.29) is 11.7 Å². The predicted octanol–water partition coefficient (Wildman–Crippen LogP) is 4.32. The number of nitrogens with one attached hydrogen (secondary N) is 1. The zero-order valence-corrected chi connectivity index (χ0v) is 18.9. The topological polar surface area (TPSA) is 91.2 Å². The Morgan fingerprint density at radius 3 is 2.77 bits per heavy atom. The van der Waals surface area contributed by atoms with E-state index < -0.39 is 0 Å². The number of ether oxygens (including phenoxy) is 2. The lowest BCUT2D eigenvalue weighted by atomic mass is 10.2. The first-order valence-corrected chi connectivity index (χ1v) is 11.4. The zero-order valence-electron chi connectivity index (χ0n) is 17.3. The van der Waals surface area contributed by atoms with E-state index in [4.69, 9.17) is 9.47 Å². The molecule has 0 radical (unpaired) electrons. The van der Waals surface area contributed by atoms with Crippen LogP contribution in [0.15, 0.2) is 47.6 Å². The van der Waals surface area contributed by atoms with E-state index in [0.29, 0.717) is 22.7 Å². The van der Waals surface area contributed by atoms with Gasteiger partial charge in [0.1, 0.15) is 11.5 Å². The van der Waals surface area contributed by atoms with Crippen LogP contribution >= 0.6 is 23.1 Å². The Kier molecular flexibility index (Phi) is 6.38. The number of thioether (sulfide) groups is 1. The first kappa shape index (κ1) is 21.1. The molecule has 0 aliphatic rings. The van der Waals surface area contributed by atoms with E-state index in [1.165, 1.54) is 23.1 Å². The number of hydrogen-bond acceptors (Lipinski definition) is 8. The third-order valence-corrected chi connectivity index (χ3v) is 6.46. The summed E-state index contributed by atoms with van der Waals surface area (Å²) in [5.41, 5.74) is 1.68. The highest BCUT2D eigenvalue weighted by Crippen LogP contribution is 2.31.